The molecular weight excluding hydrogens is 431 g/mol. The summed E-state index contributed by atoms with van der Waals surface area (Å²) in [5, 5.41) is 3.14. The number of nitrogens with zero attached hydrogens (tertiary/aromatic N) is 4. The van der Waals surface area contributed by atoms with Crippen LogP contribution in [0.5, 0.6) is 0 Å². The van der Waals surface area contributed by atoms with Gasteiger partial charge < -0.3 is 20.1 Å². The van der Waals surface area contributed by atoms with Crippen molar-refractivity contribution in [1.29, 1.82) is 0 Å². The summed E-state index contributed by atoms with van der Waals surface area (Å²) in [6, 6.07) is 13.2. The number of rotatable bonds is 6. The summed E-state index contributed by atoms with van der Waals surface area (Å²) in [6.45, 7) is 8.57. The fraction of sp³-hybridized carbons (Fsp3) is 0.462. The molecule has 0 bridgehead atoms. The lowest BCUT2D eigenvalue weighted by molar-refractivity contribution is -0.125. The minimum Gasteiger partial charge on any atom is -0.367 e. The van der Waals surface area contributed by atoms with E-state index in [2.05, 4.69) is 44.1 Å². The Morgan fingerprint density at radius 1 is 1.06 bits per heavy atom. The van der Waals surface area contributed by atoms with Crippen LogP contribution < -0.4 is 15.1 Å². The molecular formula is C26H33FN6O. The molecule has 34 heavy (non-hydrogen) atoms. The molecule has 0 unspecified atom stereocenters. The fourth-order valence-corrected chi connectivity index (χ4v) is 5.02. The van der Waals surface area contributed by atoms with Crippen LogP contribution in [0.15, 0.2) is 42.5 Å². The number of imidazole rings is 1. The predicted molar refractivity (Wildman–Crippen MR) is 134 cm³/mol. The highest BCUT2D eigenvalue weighted by molar-refractivity contribution is 5.80. The Hall–Kier alpha value is -3.13. The van der Waals surface area contributed by atoms with E-state index in [0.29, 0.717) is 12.2 Å². The summed E-state index contributed by atoms with van der Waals surface area (Å²) >= 11 is 0. The normalized spacial score (nSPS) is 17.9. The van der Waals surface area contributed by atoms with E-state index in [1.807, 2.05) is 18.2 Å². The number of carbonyl (C=O) groups excluding carboxylic acids is 1. The van der Waals surface area contributed by atoms with Gasteiger partial charge in [-0.25, -0.2) is 9.37 Å². The Bertz CT molecular complexity index is 1130. The third-order valence-electron chi connectivity index (χ3n) is 7.08. The number of amides is 1. The lowest BCUT2D eigenvalue weighted by Gasteiger charge is -2.36. The molecule has 0 saturated carbocycles. The quantitative estimate of drug-likeness (QED) is 0.587. The summed E-state index contributed by atoms with van der Waals surface area (Å²) in [7, 11) is 0. The van der Waals surface area contributed by atoms with Crippen molar-refractivity contribution in [3.8, 4) is 0 Å². The van der Waals surface area contributed by atoms with Gasteiger partial charge in [-0.15, -0.1) is 0 Å². The second-order valence-electron chi connectivity index (χ2n) is 9.41. The van der Waals surface area contributed by atoms with Crippen LogP contribution >= 0.6 is 0 Å². The van der Waals surface area contributed by atoms with E-state index in [1.54, 1.807) is 6.07 Å². The SMILES string of the molecule is Cc1ccc2nc(N3CCC(C(=O)NCCN4CCN(c5ccccc5F)CC4)CC3)[nH]c2c1. The average molecular weight is 465 g/mol. The van der Waals surface area contributed by atoms with E-state index in [1.165, 1.54) is 11.6 Å². The second kappa shape index (κ2) is 10.0. The molecule has 8 heteroatoms. The van der Waals surface area contributed by atoms with Gasteiger partial charge in [0.2, 0.25) is 11.9 Å². The third kappa shape index (κ3) is 5.01. The van der Waals surface area contributed by atoms with E-state index in [-0.39, 0.29) is 17.6 Å². The molecule has 2 aliphatic heterocycles. The smallest absolute Gasteiger partial charge is 0.223 e. The summed E-state index contributed by atoms with van der Waals surface area (Å²) < 4.78 is 14.0. The molecule has 0 atom stereocenters. The number of piperazine rings is 1. The summed E-state index contributed by atoms with van der Waals surface area (Å²) in [5.41, 5.74) is 3.93. The number of aromatic nitrogens is 2. The number of aromatic amines is 1. The van der Waals surface area contributed by atoms with E-state index in [9.17, 15) is 9.18 Å². The fourth-order valence-electron chi connectivity index (χ4n) is 5.02. The van der Waals surface area contributed by atoms with Crippen LogP contribution in [0.3, 0.4) is 0 Å². The molecule has 2 saturated heterocycles. The molecule has 3 aromatic rings. The summed E-state index contributed by atoms with van der Waals surface area (Å²) in [6.07, 6.45) is 1.67. The lowest BCUT2D eigenvalue weighted by Crippen LogP contribution is -2.49. The van der Waals surface area contributed by atoms with Gasteiger partial charge in [0.15, 0.2) is 0 Å². The van der Waals surface area contributed by atoms with Gasteiger partial charge in [0.1, 0.15) is 5.82 Å². The molecule has 2 N–H and O–H groups in total. The molecule has 2 fully saturated rings. The van der Waals surface area contributed by atoms with Gasteiger partial charge in [-0.3, -0.25) is 9.69 Å². The van der Waals surface area contributed by atoms with Crippen LogP contribution in [0, 0.1) is 18.7 Å². The van der Waals surface area contributed by atoms with Gasteiger partial charge >= 0.3 is 0 Å². The first-order chi connectivity index (χ1) is 16.6. The van der Waals surface area contributed by atoms with Crippen LogP contribution in [0.1, 0.15) is 18.4 Å². The Labute approximate surface area is 199 Å². The number of hydrogen-bond donors (Lipinski definition) is 2. The number of hydrogen-bond acceptors (Lipinski definition) is 5. The molecule has 3 heterocycles. The van der Waals surface area contributed by atoms with E-state index in [4.69, 9.17) is 4.98 Å². The zero-order chi connectivity index (χ0) is 23.5. The molecule has 7 nitrogen and oxygen atoms in total. The molecule has 0 spiro atoms. The Morgan fingerprint density at radius 2 is 1.82 bits per heavy atom. The maximum atomic E-state index is 14.0. The molecule has 0 radical (unpaired) electrons. The number of carbonyl (C=O) groups is 1. The number of fused-ring (bicyclic) bond motifs is 1. The second-order valence-corrected chi connectivity index (χ2v) is 9.41. The van der Waals surface area contributed by atoms with Gasteiger partial charge in [0.25, 0.3) is 0 Å². The van der Waals surface area contributed by atoms with Gasteiger partial charge in [-0.05, 0) is 49.6 Å². The average Bonchev–Trinajstić information content (AvgIpc) is 3.28. The van der Waals surface area contributed by atoms with Crippen molar-refractivity contribution in [3.63, 3.8) is 0 Å². The standard InChI is InChI=1S/C26H33FN6O/c1-19-6-7-22-23(18-19)30-26(29-22)33-11-8-20(9-12-33)25(34)28-10-13-31-14-16-32(17-15-31)24-5-3-2-4-21(24)27/h2-7,18,20H,8-17H2,1H3,(H,28,34)(H,29,30). The molecule has 180 valence electrons. The maximum Gasteiger partial charge on any atom is 0.223 e. The first-order valence-corrected chi connectivity index (χ1v) is 12.3. The molecule has 1 aromatic heterocycles. The van der Waals surface area contributed by atoms with Crippen LogP contribution in [-0.2, 0) is 4.79 Å². The predicted octanol–water partition coefficient (Wildman–Crippen LogP) is 3.17. The molecule has 2 aromatic carbocycles. The van der Waals surface area contributed by atoms with Crippen molar-refractivity contribution in [2.75, 3.05) is 62.2 Å². The topological polar surface area (TPSA) is 67.5 Å². The van der Waals surface area contributed by atoms with Gasteiger partial charge in [0, 0.05) is 58.3 Å². The van der Waals surface area contributed by atoms with Crippen molar-refractivity contribution in [3.05, 3.63) is 53.8 Å². The van der Waals surface area contributed by atoms with Crippen molar-refractivity contribution >= 4 is 28.6 Å². The Kier molecular flexibility index (Phi) is 6.67. The van der Waals surface area contributed by atoms with E-state index < -0.39 is 0 Å². The van der Waals surface area contributed by atoms with Crippen molar-refractivity contribution in [2.24, 2.45) is 5.92 Å². The maximum absolute atomic E-state index is 14.0. The zero-order valence-corrected chi connectivity index (χ0v) is 19.8. The molecule has 5 rings (SSSR count). The number of para-hydroxylation sites is 1. The van der Waals surface area contributed by atoms with Crippen molar-refractivity contribution in [1.82, 2.24) is 20.2 Å². The Morgan fingerprint density at radius 3 is 2.59 bits per heavy atom. The minimum atomic E-state index is -0.162. The number of anilines is 2. The lowest BCUT2D eigenvalue weighted by atomic mass is 9.96. The van der Waals surface area contributed by atoms with Crippen LogP contribution in [-0.4, -0.2) is 73.1 Å². The van der Waals surface area contributed by atoms with Crippen LogP contribution in [0.4, 0.5) is 16.0 Å². The largest absolute Gasteiger partial charge is 0.367 e. The Balaban J connectivity index is 1.03. The number of benzene rings is 2. The molecule has 0 aliphatic carbocycles. The first-order valence-electron chi connectivity index (χ1n) is 12.3. The van der Waals surface area contributed by atoms with Crippen LogP contribution in [0.25, 0.3) is 11.0 Å². The molecule has 2 aliphatic rings. The zero-order valence-electron chi connectivity index (χ0n) is 19.8. The highest BCUT2D eigenvalue weighted by atomic mass is 19.1. The van der Waals surface area contributed by atoms with Crippen molar-refractivity contribution < 1.29 is 9.18 Å². The first kappa shape index (κ1) is 22.7. The highest BCUT2D eigenvalue weighted by Gasteiger charge is 2.26. The number of piperidine rings is 1. The number of nitrogens with one attached hydrogen (secondary N) is 2. The van der Waals surface area contributed by atoms with E-state index >= 15 is 0 Å². The van der Waals surface area contributed by atoms with Gasteiger partial charge in [-0.2, -0.15) is 0 Å². The van der Waals surface area contributed by atoms with Crippen LogP contribution in [0.2, 0.25) is 0 Å². The van der Waals surface area contributed by atoms with Crippen molar-refractivity contribution in [2.45, 2.75) is 19.8 Å². The number of aryl methyl sites for hydroxylation is 1. The molecule has 1 amide bonds. The number of halogens is 1. The summed E-state index contributed by atoms with van der Waals surface area (Å²) in [5.74, 6) is 0.948. The number of H-pyrrole nitrogens is 1. The van der Waals surface area contributed by atoms with E-state index in [0.717, 1.165) is 75.6 Å². The van der Waals surface area contributed by atoms with Gasteiger partial charge in [0.05, 0.1) is 16.7 Å². The highest BCUT2D eigenvalue weighted by Crippen LogP contribution is 2.24. The third-order valence-corrected chi connectivity index (χ3v) is 7.08. The minimum absolute atomic E-state index is 0.0563. The monoisotopic (exact) mass is 464 g/mol. The summed E-state index contributed by atoms with van der Waals surface area (Å²) in [4.78, 5) is 27.5. The van der Waals surface area contributed by atoms with Gasteiger partial charge in [-0.1, -0.05) is 18.2 Å².